The zero-order chi connectivity index (χ0) is 11.7. The predicted octanol–water partition coefficient (Wildman–Crippen LogP) is 2.95. The van der Waals surface area contributed by atoms with Crippen LogP contribution < -0.4 is 5.32 Å². The van der Waals surface area contributed by atoms with E-state index in [0.29, 0.717) is 12.0 Å². The van der Waals surface area contributed by atoms with Crippen molar-refractivity contribution in [2.45, 2.75) is 71.9 Å². The third-order valence-electron chi connectivity index (χ3n) is 2.85. The minimum Gasteiger partial charge on any atom is -0.395 e. The van der Waals surface area contributed by atoms with Gasteiger partial charge in [-0.2, -0.15) is 0 Å². The second-order valence-electron chi connectivity index (χ2n) is 4.92. The van der Waals surface area contributed by atoms with Gasteiger partial charge in [-0.05, 0) is 25.2 Å². The summed E-state index contributed by atoms with van der Waals surface area (Å²) in [5, 5.41) is 12.9. The van der Waals surface area contributed by atoms with Crippen LogP contribution >= 0.6 is 0 Å². The van der Waals surface area contributed by atoms with Crippen molar-refractivity contribution in [3.63, 3.8) is 0 Å². The van der Waals surface area contributed by atoms with E-state index in [0.717, 1.165) is 12.8 Å². The average molecular weight is 215 g/mol. The number of rotatable bonds is 9. The molecule has 0 saturated carbocycles. The van der Waals surface area contributed by atoms with E-state index < -0.39 is 0 Å². The lowest BCUT2D eigenvalue weighted by molar-refractivity contribution is 0.208. The Morgan fingerprint density at radius 3 is 2.20 bits per heavy atom. The summed E-state index contributed by atoms with van der Waals surface area (Å²) in [5.74, 6) is 0.651. The van der Waals surface area contributed by atoms with E-state index in [1.54, 1.807) is 0 Å². The molecule has 0 aromatic heterocycles. The molecule has 0 unspecified atom stereocenters. The van der Waals surface area contributed by atoms with Crippen molar-refractivity contribution >= 4 is 0 Å². The second-order valence-corrected chi connectivity index (χ2v) is 4.92. The van der Waals surface area contributed by atoms with Crippen LogP contribution in [0.5, 0.6) is 0 Å². The van der Waals surface area contributed by atoms with Gasteiger partial charge in [0.05, 0.1) is 6.61 Å². The first-order chi connectivity index (χ1) is 7.13. The lowest BCUT2D eigenvalue weighted by atomic mass is 10.0. The topological polar surface area (TPSA) is 32.3 Å². The fraction of sp³-hybridized carbons (Fsp3) is 1.00. The Morgan fingerprint density at radius 1 is 1.13 bits per heavy atom. The molecular formula is C13H29NO. The van der Waals surface area contributed by atoms with Gasteiger partial charge in [0.25, 0.3) is 0 Å². The zero-order valence-corrected chi connectivity index (χ0v) is 10.9. The normalized spacial score (nSPS) is 15.6. The van der Waals surface area contributed by atoms with Crippen LogP contribution in [0.1, 0.15) is 59.8 Å². The van der Waals surface area contributed by atoms with Gasteiger partial charge < -0.3 is 10.4 Å². The van der Waals surface area contributed by atoms with Crippen LogP contribution in [0, 0.1) is 5.92 Å². The second kappa shape index (κ2) is 9.17. The molecule has 92 valence electrons. The average Bonchev–Trinajstić information content (AvgIpc) is 2.21. The molecule has 0 aromatic carbocycles. The summed E-state index contributed by atoms with van der Waals surface area (Å²) in [6.45, 7) is 9.12. The maximum Gasteiger partial charge on any atom is 0.0584 e. The highest BCUT2D eigenvalue weighted by atomic mass is 16.3. The van der Waals surface area contributed by atoms with Gasteiger partial charge in [-0.1, -0.05) is 40.5 Å². The summed E-state index contributed by atoms with van der Waals surface area (Å²) < 4.78 is 0. The third kappa shape index (κ3) is 7.80. The van der Waals surface area contributed by atoms with Crippen molar-refractivity contribution in [3.8, 4) is 0 Å². The van der Waals surface area contributed by atoms with Gasteiger partial charge in [0, 0.05) is 12.1 Å². The molecule has 0 aromatic rings. The van der Waals surface area contributed by atoms with E-state index in [2.05, 4.69) is 33.0 Å². The molecule has 0 amide bonds. The number of nitrogens with one attached hydrogen (secondary N) is 1. The molecule has 2 N–H and O–H groups in total. The highest BCUT2D eigenvalue weighted by molar-refractivity contribution is 4.74. The van der Waals surface area contributed by atoms with Gasteiger partial charge >= 0.3 is 0 Å². The van der Waals surface area contributed by atoms with Gasteiger partial charge in [0.15, 0.2) is 0 Å². The van der Waals surface area contributed by atoms with Crippen LogP contribution in [0.3, 0.4) is 0 Å². The van der Waals surface area contributed by atoms with Crippen LogP contribution in [-0.2, 0) is 0 Å². The highest BCUT2D eigenvalue weighted by Gasteiger charge is 2.14. The van der Waals surface area contributed by atoms with Crippen LogP contribution in [0.15, 0.2) is 0 Å². The van der Waals surface area contributed by atoms with E-state index >= 15 is 0 Å². The first kappa shape index (κ1) is 14.9. The molecule has 0 fully saturated rings. The molecule has 0 aliphatic rings. The highest BCUT2D eigenvalue weighted by Crippen LogP contribution is 2.09. The molecule has 0 heterocycles. The monoisotopic (exact) mass is 215 g/mol. The molecule has 0 saturated heterocycles. The largest absolute Gasteiger partial charge is 0.395 e. The standard InChI is InChI=1S/C13H29NO/c1-5-7-8-12(6-2)14-13(10-15)9-11(3)4/h11-15H,5-10H2,1-4H3/t12-,13-/m0/s1. The fourth-order valence-corrected chi connectivity index (χ4v) is 1.95. The molecule has 0 radical (unpaired) electrons. The van der Waals surface area contributed by atoms with E-state index in [4.69, 9.17) is 0 Å². The lowest BCUT2D eigenvalue weighted by Crippen LogP contribution is -2.41. The molecule has 0 spiro atoms. The number of aliphatic hydroxyl groups is 1. The van der Waals surface area contributed by atoms with Crippen molar-refractivity contribution in [1.29, 1.82) is 0 Å². The first-order valence-corrected chi connectivity index (χ1v) is 6.50. The molecule has 2 atom stereocenters. The Morgan fingerprint density at radius 2 is 1.80 bits per heavy atom. The van der Waals surface area contributed by atoms with Gasteiger partial charge in [-0.3, -0.25) is 0 Å². The van der Waals surface area contributed by atoms with E-state index in [1.807, 2.05) is 0 Å². The minimum absolute atomic E-state index is 0.265. The van der Waals surface area contributed by atoms with Crippen molar-refractivity contribution < 1.29 is 5.11 Å². The number of hydrogen-bond donors (Lipinski definition) is 2. The molecule has 0 aliphatic heterocycles. The maximum atomic E-state index is 9.28. The summed E-state index contributed by atoms with van der Waals surface area (Å²) in [5.41, 5.74) is 0. The lowest BCUT2D eigenvalue weighted by Gasteiger charge is -2.25. The van der Waals surface area contributed by atoms with Gasteiger partial charge in [0.1, 0.15) is 0 Å². The van der Waals surface area contributed by atoms with E-state index in [9.17, 15) is 5.11 Å². The summed E-state index contributed by atoms with van der Waals surface area (Å²) in [6.07, 6.45) is 6.01. The Labute approximate surface area is 95.5 Å². The van der Waals surface area contributed by atoms with Crippen LogP contribution in [-0.4, -0.2) is 23.8 Å². The summed E-state index contributed by atoms with van der Waals surface area (Å²) in [7, 11) is 0. The Balaban J connectivity index is 3.88. The van der Waals surface area contributed by atoms with Crippen LogP contribution in [0.4, 0.5) is 0 Å². The third-order valence-corrected chi connectivity index (χ3v) is 2.85. The molecule has 0 rings (SSSR count). The quantitative estimate of drug-likeness (QED) is 0.620. The Hall–Kier alpha value is -0.0800. The van der Waals surface area contributed by atoms with Crippen LogP contribution in [0.25, 0.3) is 0 Å². The molecule has 0 aliphatic carbocycles. The first-order valence-electron chi connectivity index (χ1n) is 6.50. The molecule has 2 nitrogen and oxygen atoms in total. The van der Waals surface area contributed by atoms with Crippen LogP contribution in [0.2, 0.25) is 0 Å². The van der Waals surface area contributed by atoms with E-state index in [1.165, 1.54) is 19.3 Å². The Kier molecular flexibility index (Phi) is 9.12. The van der Waals surface area contributed by atoms with Crippen molar-refractivity contribution in [2.75, 3.05) is 6.61 Å². The maximum absolute atomic E-state index is 9.28. The minimum atomic E-state index is 0.265. The number of unbranched alkanes of at least 4 members (excludes halogenated alkanes) is 1. The van der Waals surface area contributed by atoms with Crippen molar-refractivity contribution in [3.05, 3.63) is 0 Å². The van der Waals surface area contributed by atoms with Gasteiger partial charge in [-0.15, -0.1) is 0 Å². The predicted molar refractivity (Wildman–Crippen MR) is 67.1 cm³/mol. The van der Waals surface area contributed by atoms with Gasteiger partial charge in [-0.25, -0.2) is 0 Å². The fourth-order valence-electron chi connectivity index (χ4n) is 1.95. The summed E-state index contributed by atoms with van der Waals surface area (Å²) in [6, 6.07) is 0.868. The SMILES string of the molecule is CCCC[C@H](CC)N[C@H](CO)CC(C)C. The summed E-state index contributed by atoms with van der Waals surface area (Å²) >= 11 is 0. The molecule has 2 heteroatoms. The Bertz CT molecular complexity index is 136. The van der Waals surface area contributed by atoms with Gasteiger partial charge in [0.2, 0.25) is 0 Å². The zero-order valence-electron chi connectivity index (χ0n) is 10.9. The van der Waals surface area contributed by atoms with E-state index in [-0.39, 0.29) is 12.6 Å². The molecule has 15 heavy (non-hydrogen) atoms. The van der Waals surface area contributed by atoms with Crippen molar-refractivity contribution in [1.82, 2.24) is 5.32 Å². The molecule has 0 bridgehead atoms. The summed E-state index contributed by atoms with van der Waals surface area (Å²) in [4.78, 5) is 0. The smallest absolute Gasteiger partial charge is 0.0584 e. The number of aliphatic hydroxyl groups excluding tert-OH is 1. The van der Waals surface area contributed by atoms with Crippen molar-refractivity contribution in [2.24, 2.45) is 5.92 Å². The number of hydrogen-bond acceptors (Lipinski definition) is 2. The molecular weight excluding hydrogens is 186 g/mol.